The van der Waals surface area contributed by atoms with Gasteiger partial charge in [-0.2, -0.15) is 0 Å². The van der Waals surface area contributed by atoms with Gasteiger partial charge in [0.25, 0.3) is 5.91 Å². The second-order valence-electron chi connectivity index (χ2n) is 9.22. The number of carbonyl (C=O) groups is 2. The van der Waals surface area contributed by atoms with E-state index in [2.05, 4.69) is 31.8 Å². The normalized spacial score (nSPS) is 17.2. The third-order valence-electron chi connectivity index (χ3n) is 6.81. The van der Waals surface area contributed by atoms with Crippen molar-refractivity contribution in [3.63, 3.8) is 0 Å². The zero-order valence-electron chi connectivity index (χ0n) is 19.5. The minimum Gasteiger partial charge on any atom is -0.355 e. The van der Waals surface area contributed by atoms with E-state index in [4.69, 9.17) is 0 Å². The van der Waals surface area contributed by atoms with Gasteiger partial charge in [-0.1, -0.05) is 30.3 Å². The van der Waals surface area contributed by atoms with Crippen LogP contribution in [0.1, 0.15) is 34.2 Å². The van der Waals surface area contributed by atoms with Crippen LogP contribution in [0, 0.1) is 0 Å². The van der Waals surface area contributed by atoms with Gasteiger partial charge in [-0.05, 0) is 57.2 Å². The molecule has 0 saturated heterocycles. The molecule has 0 spiro atoms. The van der Waals surface area contributed by atoms with Gasteiger partial charge in [0.15, 0.2) is 0 Å². The molecule has 0 fully saturated rings. The molecule has 2 aliphatic heterocycles. The molecule has 1 N–H and O–H groups in total. The molecule has 172 valence electrons. The lowest BCUT2D eigenvalue weighted by Crippen LogP contribution is -2.51. The fraction of sp³-hybridized carbons (Fsp3) is 0.385. The number of hydrogen-bond acceptors (Lipinski definition) is 4. The molecule has 7 heteroatoms. The van der Waals surface area contributed by atoms with E-state index >= 15 is 0 Å². The van der Waals surface area contributed by atoms with Crippen LogP contribution in [-0.4, -0.2) is 67.0 Å². The molecule has 3 heterocycles. The van der Waals surface area contributed by atoms with Crippen molar-refractivity contribution in [2.24, 2.45) is 0 Å². The average Bonchev–Trinajstić information content (AvgIpc) is 3.13. The van der Waals surface area contributed by atoms with Gasteiger partial charge in [0.05, 0.1) is 16.9 Å². The fourth-order valence-electron chi connectivity index (χ4n) is 5.30. The van der Waals surface area contributed by atoms with Crippen molar-refractivity contribution >= 4 is 28.4 Å². The first kappa shape index (κ1) is 21.5. The van der Waals surface area contributed by atoms with E-state index in [9.17, 15) is 9.59 Å². The molecule has 33 heavy (non-hydrogen) atoms. The van der Waals surface area contributed by atoms with Crippen LogP contribution in [0.25, 0.3) is 10.9 Å². The predicted molar refractivity (Wildman–Crippen MR) is 130 cm³/mol. The number of rotatable bonds is 6. The van der Waals surface area contributed by atoms with Crippen molar-refractivity contribution in [1.29, 1.82) is 0 Å². The number of anilines is 1. The van der Waals surface area contributed by atoms with Gasteiger partial charge in [0, 0.05) is 31.0 Å². The summed E-state index contributed by atoms with van der Waals surface area (Å²) >= 11 is 0. The highest BCUT2D eigenvalue weighted by Crippen LogP contribution is 2.44. The Labute approximate surface area is 194 Å². The Morgan fingerprint density at radius 2 is 1.88 bits per heavy atom. The molecule has 0 saturated carbocycles. The van der Waals surface area contributed by atoms with Crippen LogP contribution >= 0.6 is 0 Å². The summed E-state index contributed by atoms with van der Waals surface area (Å²) in [6.07, 6.45) is 1.46. The Hall–Kier alpha value is -3.32. The number of amides is 2. The number of benzene rings is 2. The molecule has 1 unspecified atom stereocenters. The highest BCUT2D eigenvalue weighted by Gasteiger charge is 2.42. The molecule has 2 amide bonds. The highest BCUT2D eigenvalue weighted by atomic mass is 16.2. The number of fused-ring (bicyclic) bond motifs is 6. The summed E-state index contributed by atoms with van der Waals surface area (Å²) in [5.74, 6) is 0.0592. The maximum Gasteiger partial charge on any atom is 0.257 e. The minimum absolute atomic E-state index is 0.000350. The summed E-state index contributed by atoms with van der Waals surface area (Å²) < 4.78 is 2.13. The van der Waals surface area contributed by atoms with Gasteiger partial charge in [-0.25, -0.2) is 0 Å². The summed E-state index contributed by atoms with van der Waals surface area (Å²) in [5.41, 5.74) is 5.01. The van der Waals surface area contributed by atoms with Crippen LogP contribution in [-0.2, 0) is 17.8 Å². The molecular weight excluding hydrogens is 414 g/mol. The second kappa shape index (κ2) is 8.56. The van der Waals surface area contributed by atoms with Crippen molar-refractivity contribution < 1.29 is 9.59 Å². The number of nitrogens with zero attached hydrogens (tertiary/aromatic N) is 4. The number of carbonyl (C=O) groups excluding carboxylic acids is 2. The Morgan fingerprint density at radius 1 is 1.12 bits per heavy atom. The molecular formula is C26H31N5O2. The van der Waals surface area contributed by atoms with Crippen LogP contribution in [0.15, 0.2) is 48.5 Å². The van der Waals surface area contributed by atoms with E-state index in [-0.39, 0.29) is 24.5 Å². The number of para-hydroxylation sites is 2. The van der Waals surface area contributed by atoms with Gasteiger partial charge >= 0.3 is 0 Å². The lowest BCUT2D eigenvalue weighted by atomic mass is 9.96. The van der Waals surface area contributed by atoms with Crippen molar-refractivity contribution in [3.05, 3.63) is 65.4 Å². The summed E-state index contributed by atoms with van der Waals surface area (Å²) in [5, 5.41) is 4.25. The summed E-state index contributed by atoms with van der Waals surface area (Å²) in [6, 6.07) is 16.1. The Kier molecular flexibility index (Phi) is 5.58. The first-order valence-electron chi connectivity index (χ1n) is 11.6. The smallest absolute Gasteiger partial charge is 0.257 e. The van der Waals surface area contributed by atoms with Gasteiger partial charge in [-0.15, -0.1) is 0 Å². The van der Waals surface area contributed by atoms with E-state index in [0.29, 0.717) is 13.1 Å². The van der Waals surface area contributed by atoms with E-state index in [1.54, 1.807) is 0 Å². The number of aromatic nitrogens is 1. The summed E-state index contributed by atoms with van der Waals surface area (Å²) in [6.45, 7) is 2.50. The molecule has 5 rings (SSSR count). The maximum absolute atomic E-state index is 13.4. The SMILES string of the molecule is CN(C)CCCNC(=O)Cn1c2c(c3ccccc31)CCN1C(=O)c3ccccc3N(C)C21. The zero-order chi connectivity index (χ0) is 23.1. The topological polar surface area (TPSA) is 60.8 Å². The van der Waals surface area contributed by atoms with Crippen LogP contribution in [0.5, 0.6) is 0 Å². The highest BCUT2D eigenvalue weighted by molar-refractivity contribution is 6.02. The minimum atomic E-state index is -0.231. The lowest BCUT2D eigenvalue weighted by Gasteiger charge is -2.46. The van der Waals surface area contributed by atoms with E-state index < -0.39 is 0 Å². The molecule has 2 aromatic carbocycles. The molecule has 0 bridgehead atoms. The summed E-state index contributed by atoms with van der Waals surface area (Å²) in [4.78, 5) is 32.6. The van der Waals surface area contributed by atoms with Crippen LogP contribution in [0.3, 0.4) is 0 Å². The molecule has 3 aromatic rings. The van der Waals surface area contributed by atoms with Gasteiger partial charge < -0.3 is 24.6 Å². The fourth-order valence-corrected chi connectivity index (χ4v) is 5.30. The van der Waals surface area contributed by atoms with Crippen molar-refractivity contribution in [3.8, 4) is 0 Å². The van der Waals surface area contributed by atoms with Crippen molar-refractivity contribution in [2.45, 2.75) is 25.6 Å². The zero-order valence-corrected chi connectivity index (χ0v) is 19.5. The second-order valence-corrected chi connectivity index (χ2v) is 9.22. The first-order valence-corrected chi connectivity index (χ1v) is 11.6. The Bertz CT molecular complexity index is 1210. The predicted octanol–water partition coefficient (Wildman–Crippen LogP) is 2.86. The van der Waals surface area contributed by atoms with Gasteiger partial charge in [-0.3, -0.25) is 9.59 Å². The summed E-state index contributed by atoms with van der Waals surface area (Å²) in [7, 11) is 6.11. The monoisotopic (exact) mass is 445 g/mol. The Balaban J connectivity index is 1.54. The molecule has 1 atom stereocenters. The molecule has 0 radical (unpaired) electrons. The number of nitrogens with one attached hydrogen (secondary N) is 1. The molecule has 7 nitrogen and oxygen atoms in total. The number of hydrogen-bond donors (Lipinski definition) is 1. The quantitative estimate of drug-likeness (QED) is 0.593. The van der Waals surface area contributed by atoms with Crippen molar-refractivity contribution in [1.82, 2.24) is 19.7 Å². The maximum atomic E-state index is 13.4. The van der Waals surface area contributed by atoms with Gasteiger partial charge in [0.1, 0.15) is 12.7 Å². The Morgan fingerprint density at radius 3 is 2.70 bits per heavy atom. The average molecular weight is 446 g/mol. The third kappa shape index (κ3) is 3.66. The van der Waals surface area contributed by atoms with Gasteiger partial charge in [0.2, 0.25) is 5.91 Å². The first-order chi connectivity index (χ1) is 16.0. The molecule has 0 aliphatic carbocycles. The van der Waals surface area contributed by atoms with Crippen molar-refractivity contribution in [2.75, 3.05) is 45.7 Å². The van der Waals surface area contributed by atoms with Crippen LogP contribution in [0.2, 0.25) is 0 Å². The lowest BCUT2D eigenvalue weighted by molar-refractivity contribution is -0.121. The van der Waals surface area contributed by atoms with E-state index in [1.165, 1.54) is 10.9 Å². The van der Waals surface area contributed by atoms with Crippen LogP contribution in [0.4, 0.5) is 5.69 Å². The molecule has 2 aliphatic rings. The van der Waals surface area contributed by atoms with E-state index in [1.807, 2.05) is 62.4 Å². The third-order valence-corrected chi connectivity index (χ3v) is 6.81. The molecule has 1 aromatic heterocycles. The standard InChI is InChI=1S/C26H31N5O2/c1-28(2)15-8-14-27-23(32)17-31-22-12-7-4-9-18(22)19-13-16-30-25(24(19)31)29(3)21-11-6-5-10-20(21)26(30)33/h4-7,9-12,25H,8,13-17H2,1-3H3,(H,27,32). The van der Waals surface area contributed by atoms with E-state index in [0.717, 1.165) is 41.8 Å². The largest absolute Gasteiger partial charge is 0.355 e. The van der Waals surface area contributed by atoms with Crippen LogP contribution < -0.4 is 10.2 Å².